The highest BCUT2D eigenvalue weighted by Crippen LogP contribution is 2.13. The van der Waals surface area contributed by atoms with Crippen molar-refractivity contribution >= 4 is 17.9 Å². The van der Waals surface area contributed by atoms with E-state index in [9.17, 15) is 19.5 Å². The molecule has 1 N–H and O–H groups in total. The van der Waals surface area contributed by atoms with Crippen LogP contribution in [0.15, 0.2) is 48.6 Å². The summed E-state index contributed by atoms with van der Waals surface area (Å²) in [7, 11) is 5.92. The maximum absolute atomic E-state index is 12.6. The Balaban J connectivity index is 4.66. The molecule has 0 saturated carbocycles. The van der Waals surface area contributed by atoms with Gasteiger partial charge in [-0.2, -0.15) is 0 Å². The van der Waals surface area contributed by atoms with Crippen LogP contribution in [0.25, 0.3) is 0 Å². The van der Waals surface area contributed by atoms with Gasteiger partial charge in [-0.15, -0.1) is 0 Å². The van der Waals surface area contributed by atoms with Crippen molar-refractivity contribution in [3.8, 4) is 0 Å². The normalized spacial score (nSPS) is 13.5. The van der Waals surface area contributed by atoms with Crippen molar-refractivity contribution in [2.75, 3.05) is 47.5 Å². The Hall–Kier alpha value is -2.75. The van der Waals surface area contributed by atoms with Crippen molar-refractivity contribution in [2.24, 2.45) is 0 Å². The molecule has 0 aromatic heterocycles. The third-order valence-corrected chi connectivity index (χ3v) is 7.86. The van der Waals surface area contributed by atoms with Crippen molar-refractivity contribution in [1.29, 1.82) is 0 Å². The quantitative estimate of drug-likeness (QED) is 0.0232. The lowest BCUT2D eigenvalue weighted by Crippen LogP contribution is -2.40. The van der Waals surface area contributed by atoms with E-state index in [-0.39, 0.29) is 38.6 Å². The van der Waals surface area contributed by atoms with E-state index in [2.05, 4.69) is 50.3 Å². The second kappa shape index (κ2) is 33.4. The summed E-state index contributed by atoms with van der Waals surface area (Å²) < 4.78 is 22.5. The molecule has 0 radical (unpaired) electrons. The lowest BCUT2D eigenvalue weighted by molar-refractivity contribution is -0.870. The molecule has 0 heterocycles. The van der Waals surface area contributed by atoms with Gasteiger partial charge in [0.2, 0.25) is 0 Å². The topological polar surface area (TPSA) is 108 Å². The second-order valence-electron chi connectivity index (χ2n) is 13.9. The number of hydrogen-bond donors (Lipinski definition) is 1. The van der Waals surface area contributed by atoms with Gasteiger partial charge in [0.15, 0.2) is 6.10 Å². The number of nitrogens with zero attached hydrogens (tertiary/aromatic N) is 1. The number of likely N-dealkylation sites (N-methyl/N-ethyl adjacent to an activating group) is 1. The lowest BCUT2D eigenvalue weighted by Gasteiger charge is -2.25. The summed E-state index contributed by atoms with van der Waals surface area (Å²) in [5, 5.41) is 9.58. The Bertz CT molecular complexity index is 966. The minimum absolute atomic E-state index is 0.139. The molecule has 0 fully saturated rings. The van der Waals surface area contributed by atoms with Gasteiger partial charge in [-0.05, 0) is 38.5 Å². The average Bonchev–Trinajstić information content (AvgIpc) is 3.06. The number of aliphatic carboxylic acids is 1. The summed E-state index contributed by atoms with van der Waals surface area (Å²) in [5.74, 6) is -2.12. The number of unbranched alkanes of at least 4 members (excludes halogenated alkanes) is 11. The van der Waals surface area contributed by atoms with Crippen LogP contribution in [-0.2, 0) is 33.3 Å². The van der Waals surface area contributed by atoms with Crippen molar-refractivity contribution in [3.63, 3.8) is 0 Å². The molecule has 9 nitrogen and oxygen atoms in total. The van der Waals surface area contributed by atoms with Crippen LogP contribution in [0.1, 0.15) is 136 Å². The molecule has 0 aliphatic carbocycles. The van der Waals surface area contributed by atoms with Gasteiger partial charge in [0, 0.05) is 12.8 Å². The van der Waals surface area contributed by atoms with E-state index >= 15 is 0 Å². The summed E-state index contributed by atoms with van der Waals surface area (Å²) in [5.41, 5.74) is 0. The second-order valence-corrected chi connectivity index (χ2v) is 13.9. The standard InChI is InChI=1S/C41H71NO8/c1-6-8-10-12-14-16-18-20-22-24-26-28-30-32-39(44)50-37(36-49-41(40(45)46)47-34-33-42(3,4)5)35-48-38(43)31-29-27-25-23-21-19-17-15-13-11-9-7-2/h8,10,14,16,20,22,26,28,37,41H,6-7,9,11-13,15,17-19,21,23-25,27,29-36H2,1-5H3/p+1/b10-8-,16-14-,22-20-,28-26-. The maximum atomic E-state index is 12.6. The van der Waals surface area contributed by atoms with Gasteiger partial charge in [0.05, 0.1) is 34.4 Å². The van der Waals surface area contributed by atoms with Crippen LogP contribution in [0.5, 0.6) is 0 Å². The molecule has 0 bridgehead atoms. The molecule has 2 unspecified atom stereocenters. The van der Waals surface area contributed by atoms with Crippen LogP contribution in [0, 0.1) is 0 Å². The molecular weight excluding hydrogens is 634 g/mol. The SMILES string of the molecule is CC/C=C\C/C=C\C/C=C\C/C=C\CCC(=O)OC(COC(=O)CCCCCCCCCCCCCC)COC(OCC[N+](C)(C)C)C(=O)O. The van der Waals surface area contributed by atoms with Gasteiger partial charge in [-0.1, -0.05) is 133 Å². The zero-order valence-electron chi connectivity index (χ0n) is 32.3. The summed E-state index contributed by atoms with van der Waals surface area (Å²) in [6.07, 6.45) is 33.3. The van der Waals surface area contributed by atoms with Crippen molar-refractivity contribution in [1.82, 2.24) is 0 Å². The minimum atomic E-state index is -1.52. The van der Waals surface area contributed by atoms with E-state index in [1.54, 1.807) is 0 Å². The molecule has 0 aliphatic heterocycles. The van der Waals surface area contributed by atoms with Crippen LogP contribution in [0.3, 0.4) is 0 Å². The van der Waals surface area contributed by atoms with E-state index in [1.807, 2.05) is 33.3 Å². The molecule has 0 amide bonds. The van der Waals surface area contributed by atoms with E-state index in [4.69, 9.17) is 18.9 Å². The first-order chi connectivity index (χ1) is 24.1. The highest BCUT2D eigenvalue weighted by molar-refractivity contribution is 5.71. The van der Waals surface area contributed by atoms with E-state index in [0.29, 0.717) is 17.4 Å². The largest absolute Gasteiger partial charge is 0.477 e. The monoisotopic (exact) mass is 707 g/mol. The van der Waals surface area contributed by atoms with E-state index < -0.39 is 24.3 Å². The third-order valence-electron chi connectivity index (χ3n) is 7.86. The van der Waals surface area contributed by atoms with Gasteiger partial charge in [0.1, 0.15) is 13.2 Å². The summed E-state index contributed by atoms with van der Waals surface area (Å²) in [6.45, 7) is 4.63. The number of carbonyl (C=O) groups excluding carboxylic acids is 2. The summed E-state index contributed by atoms with van der Waals surface area (Å²) >= 11 is 0. The Labute approximate surface area is 304 Å². The Kier molecular flexibility index (Phi) is 31.6. The number of quaternary nitrogens is 1. The first-order valence-corrected chi connectivity index (χ1v) is 19.3. The fourth-order valence-corrected chi connectivity index (χ4v) is 4.85. The van der Waals surface area contributed by atoms with Gasteiger partial charge >= 0.3 is 17.9 Å². The zero-order valence-corrected chi connectivity index (χ0v) is 32.3. The number of carbonyl (C=O) groups is 3. The first-order valence-electron chi connectivity index (χ1n) is 19.3. The lowest BCUT2D eigenvalue weighted by atomic mass is 10.0. The minimum Gasteiger partial charge on any atom is -0.477 e. The molecule has 0 spiro atoms. The number of carboxylic acids is 1. The maximum Gasteiger partial charge on any atom is 0.361 e. The highest BCUT2D eigenvalue weighted by atomic mass is 16.7. The Morgan fingerprint density at radius 3 is 1.66 bits per heavy atom. The average molecular weight is 707 g/mol. The number of allylic oxidation sites excluding steroid dienone is 8. The van der Waals surface area contributed by atoms with Gasteiger partial charge in [-0.3, -0.25) is 9.59 Å². The van der Waals surface area contributed by atoms with Crippen molar-refractivity contribution < 1.29 is 42.9 Å². The van der Waals surface area contributed by atoms with Crippen LogP contribution < -0.4 is 0 Å². The Morgan fingerprint density at radius 1 is 0.620 bits per heavy atom. The molecule has 0 rings (SSSR count). The predicted molar refractivity (Wildman–Crippen MR) is 203 cm³/mol. The first kappa shape index (κ1) is 47.2. The number of carboxylic acid groups (broad SMARTS) is 1. The molecular formula is C41H72NO8+. The van der Waals surface area contributed by atoms with Crippen molar-refractivity contribution in [2.45, 2.75) is 148 Å². The molecule has 50 heavy (non-hydrogen) atoms. The van der Waals surface area contributed by atoms with Gasteiger partial charge in [-0.25, -0.2) is 4.79 Å². The Morgan fingerprint density at radius 2 is 1.14 bits per heavy atom. The number of rotatable bonds is 34. The summed E-state index contributed by atoms with van der Waals surface area (Å²) in [6, 6.07) is 0. The predicted octanol–water partition coefficient (Wildman–Crippen LogP) is 9.27. The third kappa shape index (κ3) is 33.7. The number of hydrogen-bond acceptors (Lipinski definition) is 7. The van der Waals surface area contributed by atoms with Gasteiger partial charge < -0.3 is 28.5 Å². The van der Waals surface area contributed by atoms with Crippen LogP contribution >= 0.6 is 0 Å². The molecule has 288 valence electrons. The van der Waals surface area contributed by atoms with Crippen LogP contribution in [0.2, 0.25) is 0 Å². The molecule has 9 heteroatoms. The highest BCUT2D eigenvalue weighted by Gasteiger charge is 2.25. The van der Waals surface area contributed by atoms with E-state index in [1.165, 1.54) is 57.8 Å². The fraction of sp³-hybridized carbons (Fsp3) is 0.732. The van der Waals surface area contributed by atoms with Crippen molar-refractivity contribution in [3.05, 3.63) is 48.6 Å². The number of esters is 2. The zero-order chi connectivity index (χ0) is 37.1. The molecule has 0 saturated heterocycles. The van der Waals surface area contributed by atoms with Gasteiger partial charge in [0.25, 0.3) is 6.29 Å². The smallest absolute Gasteiger partial charge is 0.361 e. The van der Waals surface area contributed by atoms with Crippen LogP contribution in [-0.4, -0.2) is 87.4 Å². The summed E-state index contributed by atoms with van der Waals surface area (Å²) in [4.78, 5) is 36.8. The number of ether oxygens (including phenoxy) is 4. The molecule has 0 aromatic carbocycles. The molecule has 2 atom stereocenters. The molecule has 0 aromatic rings. The van der Waals surface area contributed by atoms with Crippen LogP contribution in [0.4, 0.5) is 0 Å². The van der Waals surface area contributed by atoms with E-state index in [0.717, 1.165) is 44.9 Å². The fourth-order valence-electron chi connectivity index (χ4n) is 4.85. The molecule has 0 aliphatic rings.